The Hall–Kier alpha value is -1.54. The van der Waals surface area contributed by atoms with Crippen LogP contribution in [-0.2, 0) is 0 Å². The lowest BCUT2D eigenvalue weighted by Crippen LogP contribution is -1.93. The first-order valence-electron chi connectivity index (χ1n) is 5.96. The van der Waals surface area contributed by atoms with Crippen molar-refractivity contribution in [2.45, 2.75) is 26.7 Å². The first-order valence-corrected chi connectivity index (χ1v) is 6.34. The maximum absolute atomic E-state index is 5.79. The van der Waals surface area contributed by atoms with Crippen LogP contribution >= 0.6 is 11.6 Å². The first kappa shape index (κ1) is 12.9. The molecule has 2 rings (SSSR count). The van der Waals surface area contributed by atoms with Gasteiger partial charge in [0.15, 0.2) is 0 Å². The van der Waals surface area contributed by atoms with Gasteiger partial charge in [-0.2, -0.15) is 0 Å². The molecule has 0 radical (unpaired) electrons. The summed E-state index contributed by atoms with van der Waals surface area (Å²) in [6, 6.07) is 9.80. The molecule has 94 valence electrons. The molecule has 0 saturated carbocycles. The summed E-state index contributed by atoms with van der Waals surface area (Å²) < 4.78 is 5.79. The fourth-order valence-corrected chi connectivity index (χ4v) is 1.73. The molecule has 1 aromatic carbocycles. The van der Waals surface area contributed by atoms with E-state index in [-0.39, 0.29) is 0 Å². The Balaban J connectivity index is 2.27. The number of pyridine rings is 1. The molecule has 1 heterocycles. The average molecular weight is 262 g/mol. The Morgan fingerprint density at radius 1 is 1.17 bits per heavy atom. The number of aromatic nitrogens is 1. The maximum atomic E-state index is 5.79. The van der Waals surface area contributed by atoms with Crippen LogP contribution in [0.1, 0.15) is 30.9 Å². The van der Waals surface area contributed by atoms with E-state index in [9.17, 15) is 0 Å². The third kappa shape index (κ3) is 3.02. The number of hydrogen-bond acceptors (Lipinski definition) is 2. The van der Waals surface area contributed by atoms with Gasteiger partial charge in [0.25, 0.3) is 0 Å². The fourth-order valence-electron chi connectivity index (χ4n) is 1.62. The minimum absolute atomic E-state index is 0.478. The number of halogens is 1. The van der Waals surface area contributed by atoms with Crippen LogP contribution in [0.3, 0.4) is 0 Å². The molecule has 2 aromatic rings. The molecule has 0 aliphatic carbocycles. The van der Waals surface area contributed by atoms with Gasteiger partial charge in [0.1, 0.15) is 5.75 Å². The van der Waals surface area contributed by atoms with Crippen LogP contribution in [0.5, 0.6) is 11.6 Å². The Bertz CT molecular complexity index is 535. The summed E-state index contributed by atoms with van der Waals surface area (Å²) >= 11 is 5.79. The number of benzene rings is 1. The molecule has 0 amide bonds. The summed E-state index contributed by atoms with van der Waals surface area (Å²) in [5, 5.41) is 0.606. The van der Waals surface area contributed by atoms with Crippen LogP contribution in [0.15, 0.2) is 36.5 Å². The third-order valence-electron chi connectivity index (χ3n) is 2.79. The minimum atomic E-state index is 0.478. The van der Waals surface area contributed by atoms with Crippen molar-refractivity contribution < 1.29 is 4.74 Å². The van der Waals surface area contributed by atoms with E-state index in [1.807, 2.05) is 6.92 Å². The van der Waals surface area contributed by atoms with Crippen LogP contribution in [0.4, 0.5) is 0 Å². The number of ether oxygens (including phenoxy) is 1. The molecule has 0 aliphatic heterocycles. The van der Waals surface area contributed by atoms with Crippen LogP contribution in [-0.4, -0.2) is 4.98 Å². The van der Waals surface area contributed by atoms with E-state index < -0.39 is 0 Å². The average Bonchev–Trinajstić information content (AvgIpc) is 2.34. The number of nitrogens with zero attached hydrogens (tertiary/aromatic N) is 1. The van der Waals surface area contributed by atoms with Gasteiger partial charge in [0.2, 0.25) is 5.88 Å². The van der Waals surface area contributed by atoms with E-state index in [2.05, 4.69) is 37.0 Å². The van der Waals surface area contributed by atoms with Crippen molar-refractivity contribution in [3.05, 3.63) is 52.7 Å². The van der Waals surface area contributed by atoms with E-state index in [4.69, 9.17) is 16.3 Å². The van der Waals surface area contributed by atoms with Gasteiger partial charge in [-0.15, -0.1) is 0 Å². The zero-order chi connectivity index (χ0) is 13.1. The van der Waals surface area contributed by atoms with Crippen LogP contribution < -0.4 is 4.74 Å². The molecule has 3 heteroatoms. The molecule has 0 fully saturated rings. The smallest absolute Gasteiger partial charge is 0.219 e. The van der Waals surface area contributed by atoms with Gasteiger partial charge in [-0.05, 0) is 36.1 Å². The molecule has 0 N–H and O–H groups in total. The third-order valence-corrected chi connectivity index (χ3v) is 3.02. The summed E-state index contributed by atoms with van der Waals surface area (Å²) in [5.41, 5.74) is 2.35. The van der Waals surface area contributed by atoms with E-state index in [1.54, 1.807) is 18.3 Å². The lowest BCUT2D eigenvalue weighted by Gasteiger charge is -2.11. The quantitative estimate of drug-likeness (QED) is 0.779. The maximum Gasteiger partial charge on any atom is 0.219 e. The summed E-state index contributed by atoms with van der Waals surface area (Å²) in [4.78, 5) is 4.14. The molecule has 2 nitrogen and oxygen atoms in total. The highest BCUT2D eigenvalue weighted by molar-refractivity contribution is 6.30. The first-order chi connectivity index (χ1) is 8.56. The van der Waals surface area contributed by atoms with Gasteiger partial charge < -0.3 is 4.74 Å². The van der Waals surface area contributed by atoms with Crippen molar-refractivity contribution in [1.29, 1.82) is 0 Å². The van der Waals surface area contributed by atoms with E-state index in [0.29, 0.717) is 16.8 Å². The van der Waals surface area contributed by atoms with Crippen LogP contribution in [0, 0.1) is 6.92 Å². The van der Waals surface area contributed by atoms with E-state index >= 15 is 0 Å². The summed E-state index contributed by atoms with van der Waals surface area (Å²) in [6.07, 6.45) is 1.58. The Morgan fingerprint density at radius 3 is 2.56 bits per heavy atom. The Kier molecular flexibility index (Phi) is 3.87. The monoisotopic (exact) mass is 261 g/mol. The normalized spacial score (nSPS) is 10.7. The SMILES string of the molecule is Cc1ccc(C(C)C)cc1Oc1ccc(Cl)cn1. The second kappa shape index (κ2) is 5.40. The van der Waals surface area contributed by atoms with Crippen molar-refractivity contribution in [2.24, 2.45) is 0 Å². The highest BCUT2D eigenvalue weighted by atomic mass is 35.5. The molecule has 0 spiro atoms. The van der Waals surface area contributed by atoms with Crippen molar-refractivity contribution >= 4 is 11.6 Å². The van der Waals surface area contributed by atoms with Crippen molar-refractivity contribution in [2.75, 3.05) is 0 Å². The molecule has 1 aromatic heterocycles. The number of hydrogen-bond donors (Lipinski definition) is 0. The van der Waals surface area contributed by atoms with Gasteiger partial charge >= 0.3 is 0 Å². The summed E-state index contributed by atoms with van der Waals surface area (Å²) in [5.74, 6) is 1.88. The molecule has 0 unspecified atom stereocenters. The van der Waals surface area contributed by atoms with Gasteiger partial charge in [-0.3, -0.25) is 0 Å². The standard InChI is InChI=1S/C15H16ClNO/c1-10(2)12-5-4-11(3)14(8-12)18-15-7-6-13(16)9-17-15/h4-10H,1-3H3. The van der Waals surface area contributed by atoms with E-state index in [1.165, 1.54) is 5.56 Å². The second-order valence-electron chi connectivity index (χ2n) is 4.60. The largest absolute Gasteiger partial charge is 0.439 e. The molecule has 18 heavy (non-hydrogen) atoms. The van der Waals surface area contributed by atoms with E-state index in [0.717, 1.165) is 11.3 Å². The van der Waals surface area contributed by atoms with Crippen molar-refractivity contribution in [1.82, 2.24) is 4.98 Å². The van der Waals surface area contributed by atoms with Crippen LogP contribution in [0.2, 0.25) is 5.02 Å². The number of aryl methyl sites for hydroxylation is 1. The Morgan fingerprint density at radius 2 is 1.94 bits per heavy atom. The predicted octanol–water partition coefficient (Wildman–Crippen LogP) is 4.96. The summed E-state index contributed by atoms with van der Waals surface area (Å²) in [6.45, 7) is 6.35. The topological polar surface area (TPSA) is 22.1 Å². The molecule has 0 saturated heterocycles. The Labute approximate surface area is 113 Å². The van der Waals surface area contributed by atoms with Gasteiger partial charge in [-0.1, -0.05) is 37.6 Å². The lowest BCUT2D eigenvalue weighted by atomic mass is 10.0. The number of rotatable bonds is 3. The molecule has 0 aliphatic rings. The van der Waals surface area contributed by atoms with Gasteiger partial charge in [0, 0.05) is 12.3 Å². The molecule has 0 bridgehead atoms. The molecular weight excluding hydrogens is 246 g/mol. The highest BCUT2D eigenvalue weighted by Gasteiger charge is 2.06. The molecular formula is C15H16ClNO. The zero-order valence-electron chi connectivity index (χ0n) is 10.8. The molecule has 0 atom stereocenters. The van der Waals surface area contributed by atoms with Crippen molar-refractivity contribution in [3.63, 3.8) is 0 Å². The lowest BCUT2D eigenvalue weighted by molar-refractivity contribution is 0.458. The van der Waals surface area contributed by atoms with Crippen LogP contribution in [0.25, 0.3) is 0 Å². The van der Waals surface area contributed by atoms with Gasteiger partial charge in [-0.25, -0.2) is 4.98 Å². The minimum Gasteiger partial charge on any atom is -0.439 e. The highest BCUT2D eigenvalue weighted by Crippen LogP contribution is 2.28. The second-order valence-corrected chi connectivity index (χ2v) is 5.03. The fraction of sp³-hybridized carbons (Fsp3) is 0.267. The van der Waals surface area contributed by atoms with Crippen molar-refractivity contribution in [3.8, 4) is 11.6 Å². The predicted molar refractivity (Wildman–Crippen MR) is 74.6 cm³/mol. The van der Waals surface area contributed by atoms with Gasteiger partial charge in [0.05, 0.1) is 5.02 Å². The zero-order valence-corrected chi connectivity index (χ0v) is 11.5. The summed E-state index contributed by atoms with van der Waals surface area (Å²) in [7, 11) is 0.